The summed E-state index contributed by atoms with van der Waals surface area (Å²) in [5, 5.41) is 8.32. The minimum atomic E-state index is -3.10. The van der Waals surface area contributed by atoms with E-state index < -0.39 is 24.9 Å². The number of aliphatic carboxylic acids is 1. The Bertz CT molecular complexity index is 225. The predicted octanol–water partition coefficient (Wildman–Crippen LogP) is 1.83. The van der Waals surface area contributed by atoms with Crippen LogP contribution < -0.4 is 0 Å². The summed E-state index contributed by atoms with van der Waals surface area (Å²) >= 11 is 0. The Morgan fingerprint density at radius 2 is 2.00 bits per heavy atom. The van der Waals surface area contributed by atoms with Gasteiger partial charge in [0.05, 0.1) is 6.54 Å². The van der Waals surface area contributed by atoms with Gasteiger partial charge in [-0.25, -0.2) is 8.78 Å². The summed E-state index contributed by atoms with van der Waals surface area (Å²) in [6.45, 7) is 2.98. The van der Waals surface area contributed by atoms with Crippen LogP contribution in [0.15, 0.2) is 0 Å². The molecule has 1 aliphatic heterocycles. The zero-order valence-electron chi connectivity index (χ0n) is 8.88. The second-order valence-corrected chi connectivity index (χ2v) is 4.39. The average molecular weight is 221 g/mol. The van der Waals surface area contributed by atoms with Gasteiger partial charge in [0.2, 0.25) is 0 Å². The number of likely N-dealkylation sites (tertiary alicyclic amines) is 1. The first-order valence-electron chi connectivity index (χ1n) is 5.21. The molecule has 0 saturated carbocycles. The lowest BCUT2D eigenvalue weighted by Gasteiger charge is -2.32. The van der Waals surface area contributed by atoms with E-state index in [4.69, 9.17) is 5.11 Å². The van der Waals surface area contributed by atoms with Crippen molar-refractivity contribution in [2.24, 2.45) is 5.92 Å². The molecule has 88 valence electrons. The maximum atomic E-state index is 13.1. The molecule has 1 fully saturated rings. The molecule has 0 aromatic heterocycles. The van der Waals surface area contributed by atoms with E-state index >= 15 is 0 Å². The fraction of sp³-hybridized carbons (Fsp3) is 0.900. The van der Waals surface area contributed by atoms with E-state index in [1.54, 1.807) is 4.90 Å². The third kappa shape index (κ3) is 4.55. The number of halogens is 2. The molecule has 1 saturated heterocycles. The van der Waals surface area contributed by atoms with Gasteiger partial charge in [-0.3, -0.25) is 9.69 Å². The summed E-state index contributed by atoms with van der Waals surface area (Å²) in [6.07, 6.45) is 0.769. The Labute approximate surface area is 88.1 Å². The molecule has 1 heterocycles. The normalized spacial score (nSPS) is 20.5. The van der Waals surface area contributed by atoms with Crippen molar-refractivity contribution in [2.45, 2.75) is 32.1 Å². The number of carboxylic acids is 1. The van der Waals surface area contributed by atoms with E-state index in [9.17, 15) is 13.6 Å². The van der Waals surface area contributed by atoms with Crippen molar-refractivity contribution < 1.29 is 18.7 Å². The van der Waals surface area contributed by atoms with Crippen LogP contribution in [0.3, 0.4) is 0 Å². The van der Waals surface area contributed by atoms with Crippen molar-refractivity contribution in [3.8, 4) is 0 Å². The maximum Gasteiger partial charge on any atom is 0.309 e. The summed E-state index contributed by atoms with van der Waals surface area (Å²) in [6, 6.07) is 0. The summed E-state index contributed by atoms with van der Waals surface area (Å²) in [7, 11) is 0. The molecular formula is C10H17F2NO2. The largest absolute Gasteiger partial charge is 0.481 e. The second kappa shape index (κ2) is 4.88. The van der Waals surface area contributed by atoms with Gasteiger partial charge in [0, 0.05) is 0 Å². The number of carbonyl (C=O) groups is 1. The van der Waals surface area contributed by atoms with E-state index in [2.05, 4.69) is 6.92 Å². The molecule has 15 heavy (non-hydrogen) atoms. The Kier molecular flexibility index (Phi) is 4.02. The quantitative estimate of drug-likeness (QED) is 0.787. The molecule has 0 amide bonds. The zero-order valence-corrected chi connectivity index (χ0v) is 8.88. The molecule has 1 rings (SSSR count). The summed E-state index contributed by atoms with van der Waals surface area (Å²) in [5.74, 6) is -3.95. The third-order valence-corrected chi connectivity index (χ3v) is 2.74. The van der Waals surface area contributed by atoms with Gasteiger partial charge in [-0.1, -0.05) is 6.92 Å². The van der Waals surface area contributed by atoms with Crippen molar-refractivity contribution in [3.05, 3.63) is 0 Å². The first-order valence-corrected chi connectivity index (χ1v) is 5.21. The van der Waals surface area contributed by atoms with E-state index in [0.717, 1.165) is 12.8 Å². The summed E-state index contributed by atoms with van der Waals surface area (Å²) < 4.78 is 26.3. The number of hydrogen-bond acceptors (Lipinski definition) is 2. The molecule has 1 N–H and O–H groups in total. The lowest BCUT2D eigenvalue weighted by atomic mass is 9.99. The van der Waals surface area contributed by atoms with Crippen molar-refractivity contribution in [3.63, 3.8) is 0 Å². The Morgan fingerprint density at radius 1 is 1.47 bits per heavy atom. The second-order valence-electron chi connectivity index (χ2n) is 4.39. The van der Waals surface area contributed by atoms with Crippen LogP contribution in [0.2, 0.25) is 0 Å². The van der Waals surface area contributed by atoms with Crippen LogP contribution in [0, 0.1) is 5.92 Å². The van der Waals surface area contributed by atoms with Gasteiger partial charge in [0.15, 0.2) is 0 Å². The maximum absolute atomic E-state index is 13.1. The minimum Gasteiger partial charge on any atom is -0.481 e. The molecule has 0 radical (unpaired) electrons. The fourth-order valence-corrected chi connectivity index (χ4v) is 1.82. The highest BCUT2D eigenvalue weighted by atomic mass is 19.3. The first-order chi connectivity index (χ1) is 6.89. The van der Waals surface area contributed by atoms with Gasteiger partial charge < -0.3 is 5.11 Å². The van der Waals surface area contributed by atoms with Gasteiger partial charge in [-0.15, -0.1) is 0 Å². The topological polar surface area (TPSA) is 40.5 Å². The molecule has 3 nitrogen and oxygen atoms in total. The van der Waals surface area contributed by atoms with Crippen LogP contribution in [0.25, 0.3) is 0 Å². The molecule has 5 heteroatoms. The number of rotatable bonds is 4. The van der Waals surface area contributed by atoms with Gasteiger partial charge >= 0.3 is 5.97 Å². The Morgan fingerprint density at radius 3 is 2.47 bits per heavy atom. The first kappa shape index (κ1) is 12.4. The summed E-state index contributed by atoms with van der Waals surface area (Å²) in [4.78, 5) is 11.9. The smallest absolute Gasteiger partial charge is 0.309 e. The van der Waals surface area contributed by atoms with Crippen molar-refractivity contribution in [2.75, 3.05) is 19.6 Å². The van der Waals surface area contributed by atoms with Gasteiger partial charge in [0.1, 0.15) is 6.42 Å². The van der Waals surface area contributed by atoms with Gasteiger partial charge in [-0.05, 0) is 31.8 Å². The van der Waals surface area contributed by atoms with Crippen LogP contribution in [-0.2, 0) is 4.79 Å². The van der Waals surface area contributed by atoms with Crippen LogP contribution in [0.1, 0.15) is 26.2 Å². The Hall–Kier alpha value is -0.710. The SMILES string of the molecule is CC1CCN(CC(F)(F)CC(=O)O)CC1. The molecule has 0 bridgehead atoms. The molecule has 1 aliphatic rings. The predicted molar refractivity (Wildman–Crippen MR) is 52.0 cm³/mol. The number of carboxylic acid groups (broad SMARTS) is 1. The van der Waals surface area contributed by atoms with Crippen LogP contribution in [0.5, 0.6) is 0 Å². The average Bonchev–Trinajstić information content (AvgIpc) is 2.06. The fourth-order valence-electron chi connectivity index (χ4n) is 1.82. The van der Waals surface area contributed by atoms with E-state index in [-0.39, 0.29) is 0 Å². The van der Waals surface area contributed by atoms with E-state index in [1.165, 1.54) is 0 Å². The highest BCUT2D eigenvalue weighted by Gasteiger charge is 2.35. The van der Waals surface area contributed by atoms with Gasteiger partial charge in [0.25, 0.3) is 5.92 Å². The molecule has 0 aromatic carbocycles. The number of nitrogens with zero attached hydrogens (tertiary/aromatic N) is 1. The molecule has 0 aliphatic carbocycles. The monoisotopic (exact) mass is 221 g/mol. The molecule has 0 atom stereocenters. The highest BCUT2D eigenvalue weighted by molar-refractivity contribution is 5.67. The number of alkyl halides is 2. The molecule has 0 spiro atoms. The zero-order chi connectivity index (χ0) is 11.5. The number of piperidine rings is 1. The van der Waals surface area contributed by atoms with Gasteiger partial charge in [-0.2, -0.15) is 0 Å². The van der Waals surface area contributed by atoms with Crippen molar-refractivity contribution in [1.29, 1.82) is 0 Å². The molecular weight excluding hydrogens is 204 g/mol. The van der Waals surface area contributed by atoms with Crippen LogP contribution >= 0.6 is 0 Å². The summed E-state index contributed by atoms with van der Waals surface area (Å²) in [5.41, 5.74) is 0. The Balaban J connectivity index is 2.36. The van der Waals surface area contributed by atoms with E-state index in [1.807, 2.05) is 0 Å². The van der Waals surface area contributed by atoms with Crippen molar-refractivity contribution >= 4 is 5.97 Å². The molecule has 0 unspecified atom stereocenters. The van der Waals surface area contributed by atoms with Crippen LogP contribution in [-0.4, -0.2) is 41.5 Å². The standard InChI is InChI=1S/C10H17F2NO2/c1-8-2-4-13(5-3-8)7-10(11,12)6-9(14)15/h8H,2-7H2,1H3,(H,14,15). The molecule has 0 aromatic rings. The van der Waals surface area contributed by atoms with E-state index in [0.29, 0.717) is 19.0 Å². The highest BCUT2D eigenvalue weighted by Crippen LogP contribution is 2.23. The van der Waals surface area contributed by atoms with Crippen LogP contribution in [0.4, 0.5) is 8.78 Å². The lowest BCUT2D eigenvalue weighted by Crippen LogP contribution is -2.42. The van der Waals surface area contributed by atoms with Crippen molar-refractivity contribution in [1.82, 2.24) is 4.90 Å². The minimum absolute atomic E-state index is 0.425. The number of hydrogen-bond donors (Lipinski definition) is 1. The third-order valence-electron chi connectivity index (χ3n) is 2.74. The lowest BCUT2D eigenvalue weighted by molar-refractivity contribution is -0.146.